The third kappa shape index (κ3) is 2.50. The van der Waals surface area contributed by atoms with Crippen LogP contribution in [-0.2, 0) is 15.1 Å². The number of rotatable bonds is 3. The van der Waals surface area contributed by atoms with Gasteiger partial charge in [-0.2, -0.15) is 0 Å². The highest BCUT2D eigenvalue weighted by Crippen LogP contribution is 2.55. The number of esters is 1. The van der Waals surface area contributed by atoms with Crippen LogP contribution in [0.25, 0.3) is 0 Å². The maximum absolute atomic E-state index is 12.9. The average molecular weight is 373 g/mol. The molecule has 1 fully saturated rings. The van der Waals surface area contributed by atoms with Crippen molar-refractivity contribution in [2.24, 2.45) is 11.8 Å². The topological polar surface area (TPSA) is 43.4 Å². The predicted octanol–water partition coefficient (Wildman–Crippen LogP) is 4.82. The summed E-state index contributed by atoms with van der Waals surface area (Å²) in [5, 5.41) is 1.09. The van der Waals surface area contributed by atoms with Gasteiger partial charge in [0.2, 0.25) is 5.60 Å². The molecular weight excluding hydrogens is 359 g/mol. The van der Waals surface area contributed by atoms with Crippen LogP contribution in [0.1, 0.15) is 22.3 Å². The summed E-state index contributed by atoms with van der Waals surface area (Å²) in [7, 11) is 0. The summed E-state index contributed by atoms with van der Waals surface area (Å²) in [5.41, 5.74) is -0.271. The molecule has 0 spiro atoms. The molecule has 2 aromatic rings. The number of hydrogen-bond donors (Lipinski definition) is 0. The highest BCUT2D eigenvalue weighted by molar-refractivity contribution is 6.30. The Bertz CT molecular complexity index is 871. The summed E-state index contributed by atoms with van der Waals surface area (Å²) in [6.45, 7) is 0. The van der Waals surface area contributed by atoms with E-state index in [1.165, 1.54) is 0 Å². The Kier molecular flexibility index (Phi) is 3.94. The van der Waals surface area contributed by atoms with Crippen LogP contribution in [0.5, 0.6) is 0 Å². The molecule has 0 aromatic heterocycles. The van der Waals surface area contributed by atoms with Crippen molar-refractivity contribution in [2.75, 3.05) is 0 Å². The molecule has 0 saturated heterocycles. The van der Waals surface area contributed by atoms with Gasteiger partial charge in [-0.15, -0.1) is 0 Å². The van der Waals surface area contributed by atoms with Crippen LogP contribution in [0.2, 0.25) is 10.0 Å². The largest absolute Gasteiger partial charge is 0.442 e. The van der Waals surface area contributed by atoms with Gasteiger partial charge in [-0.05, 0) is 42.8 Å². The first kappa shape index (κ1) is 16.4. The van der Waals surface area contributed by atoms with Crippen molar-refractivity contribution in [1.29, 1.82) is 0 Å². The molecule has 3 atom stereocenters. The van der Waals surface area contributed by atoms with E-state index in [1.807, 2.05) is 12.2 Å². The van der Waals surface area contributed by atoms with Crippen molar-refractivity contribution in [2.45, 2.75) is 12.0 Å². The maximum Gasteiger partial charge on any atom is 0.339 e. The van der Waals surface area contributed by atoms with Gasteiger partial charge in [0.25, 0.3) is 0 Å². The van der Waals surface area contributed by atoms with E-state index >= 15 is 0 Å². The van der Waals surface area contributed by atoms with Gasteiger partial charge in [0.05, 0.1) is 5.56 Å². The lowest BCUT2D eigenvalue weighted by Crippen LogP contribution is -2.61. The Morgan fingerprint density at radius 1 is 1.00 bits per heavy atom. The zero-order chi connectivity index (χ0) is 17.6. The Labute approximate surface area is 155 Å². The Morgan fingerprint density at radius 3 is 2.24 bits per heavy atom. The number of benzene rings is 2. The molecule has 0 heterocycles. The van der Waals surface area contributed by atoms with E-state index in [0.29, 0.717) is 27.6 Å². The number of carbonyl (C=O) groups excluding carboxylic acids is 2. The third-order valence-corrected chi connectivity index (χ3v) is 5.45. The van der Waals surface area contributed by atoms with Gasteiger partial charge in [0.15, 0.2) is 5.78 Å². The summed E-state index contributed by atoms with van der Waals surface area (Å²) in [6.07, 6.45) is 4.63. The number of fused-ring (bicyclic) bond motifs is 1. The molecule has 2 aromatic carbocycles. The maximum atomic E-state index is 12.9. The van der Waals surface area contributed by atoms with E-state index in [1.54, 1.807) is 48.5 Å². The minimum absolute atomic E-state index is 0.0628. The van der Waals surface area contributed by atoms with E-state index in [-0.39, 0.29) is 17.6 Å². The molecule has 0 aliphatic heterocycles. The van der Waals surface area contributed by atoms with Gasteiger partial charge < -0.3 is 4.74 Å². The quantitative estimate of drug-likeness (QED) is 0.572. The second kappa shape index (κ2) is 6.01. The smallest absolute Gasteiger partial charge is 0.339 e. The first-order chi connectivity index (χ1) is 12.0. The summed E-state index contributed by atoms with van der Waals surface area (Å²) in [4.78, 5) is 25.6. The summed E-state index contributed by atoms with van der Waals surface area (Å²) >= 11 is 11.8. The van der Waals surface area contributed by atoms with Crippen LogP contribution in [-0.4, -0.2) is 11.8 Å². The third-order valence-electron chi connectivity index (χ3n) is 4.95. The molecular formula is C20H14Cl2O3. The van der Waals surface area contributed by atoms with Gasteiger partial charge in [-0.3, -0.25) is 4.79 Å². The molecule has 25 heavy (non-hydrogen) atoms. The van der Waals surface area contributed by atoms with Crippen molar-refractivity contribution in [3.8, 4) is 0 Å². The second-order valence-corrected chi connectivity index (χ2v) is 7.17. The number of allylic oxidation sites excluding steroid dienone is 1. The highest BCUT2D eigenvalue weighted by Gasteiger charge is 2.65. The molecule has 1 saturated carbocycles. The Hall–Kier alpha value is -2.10. The van der Waals surface area contributed by atoms with Gasteiger partial charge in [-0.25, -0.2) is 4.79 Å². The molecule has 0 unspecified atom stereocenters. The summed E-state index contributed by atoms with van der Waals surface area (Å²) in [6, 6.07) is 13.3. The number of hydrogen-bond acceptors (Lipinski definition) is 3. The lowest BCUT2D eigenvalue weighted by molar-refractivity contribution is -0.172. The van der Waals surface area contributed by atoms with E-state index in [2.05, 4.69) is 0 Å². The normalized spacial score (nSPS) is 26.9. The van der Waals surface area contributed by atoms with Crippen LogP contribution in [0, 0.1) is 11.8 Å². The fraction of sp³-hybridized carbons (Fsp3) is 0.200. The second-order valence-electron chi connectivity index (χ2n) is 6.30. The monoisotopic (exact) mass is 372 g/mol. The van der Waals surface area contributed by atoms with Crippen molar-refractivity contribution < 1.29 is 14.3 Å². The molecule has 3 nitrogen and oxygen atoms in total. The predicted molar refractivity (Wildman–Crippen MR) is 95.7 cm³/mol. The molecule has 0 amide bonds. The number of Topliss-reactive ketones (excluding diaryl/α,β-unsaturated/α-hetero) is 1. The SMILES string of the molecule is O=C(O[C@]1(c2ccc(Cl)cc2)C(=O)[C@H]2CC=C[C@H]21)c1ccc(Cl)cc1. The molecule has 0 radical (unpaired) electrons. The van der Waals surface area contributed by atoms with Gasteiger partial charge >= 0.3 is 5.97 Å². The first-order valence-electron chi connectivity index (χ1n) is 7.98. The number of ketones is 1. The van der Waals surface area contributed by atoms with Crippen LogP contribution >= 0.6 is 23.2 Å². The standard InChI is InChI=1S/C20H14Cl2O3/c21-14-8-4-12(5-9-14)19(24)25-20(13-6-10-15(22)11-7-13)17-3-1-2-16(17)18(20)23/h1,3-11,16-17H,2H2/t16-,17+,20-/m0/s1. The fourth-order valence-corrected chi connectivity index (χ4v) is 3.94. The van der Waals surface area contributed by atoms with Crippen molar-refractivity contribution >= 4 is 35.0 Å². The van der Waals surface area contributed by atoms with E-state index in [9.17, 15) is 9.59 Å². The van der Waals surface area contributed by atoms with Gasteiger partial charge in [-0.1, -0.05) is 47.5 Å². The number of halogens is 2. The zero-order valence-corrected chi connectivity index (χ0v) is 14.6. The van der Waals surface area contributed by atoms with Gasteiger partial charge in [0.1, 0.15) is 0 Å². The molecule has 0 bridgehead atoms. The van der Waals surface area contributed by atoms with Crippen molar-refractivity contribution in [3.05, 3.63) is 81.9 Å². The molecule has 4 rings (SSSR count). The average Bonchev–Trinajstić information content (AvgIpc) is 3.07. The van der Waals surface area contributed by atoms with Crippen LogP contribution in [0.3, 0.4) is 0 Å². The fourth-order valence-electron chi connectivity index (χ4n) is 3.69. The summed E-state index contributed by atoms with van der Waals surface area (Å²) < 4.78 is 5.83. The molecule has 5 heteroatoms. The van der Waals surface area contributed by atoms with Crippen molar-refractivity contribution in [3.63, 3.8) is 0 Å². The van der Waals surface area contributed by atoms with E-state index in [4.69, 9.17) is 27.9 Å². The molecule has 0 N–H and O–H groups in total. The highest BCUT2D eigenvalue weighted by atomic mass is 35.5. The van der Waals surface area contributed by atoms with Gasteiger partial charge in [0, 0.05) is 27.4 Å². The zero-order valence-electron chi connectivity index (χ0n) is 13.1. The van der Waals surface area contributed by atoms with Crippen molar-refractivity contribution in [1.82, 2.24) is 0 Å². The minimum Gasteiger partial charge on any atom is -0.442 e. The van der Waals surface area contributed by atoms with E-state index < -0.39 is 11.6 Å². The number of carbonyl (C=O) groups is 2. The van der Waals surface area contributed by atoms with Crippen LogP contribution in [0.4, 0.5) is 0 Å². The molecule has 2 aliphatic rings. The summed E-state index contributed by atoms with van der Waals surface area (Å²) in [5.74, 6) is -0.864. The van der Waals surface area contributed by atoms with Crippen LogP contribution < -0.4 is 0 Å². The minimum atomic E-state index is -1.28. The molecule has 2 aliphatic carbocycles. The first-order valence-corrected chi connectivity index (χ1v) is 8.74. The van der Waals surface area contributed by atoms with Crippen LogP contribution in [0.15, 0.2) is 60.7 Å². The molecule has 126 valence electrons. The van der Waals surface area contributed by atoms with E-state index in [0.717, 1.165) is 0 Å². The Morgan fingerprint density at radius 2 is 1.60 bits per heavy atom. The lowest BCUT2D eigenvalue weighted by atomic mass is 9.58. The lowest BCUT2D eigenvalue weighted by Gasteiger charge is -2.49. The Balaban J connectivity index is 1.73. The number of ether oxygens (including phenoxy) is 1.